The summed E-state index contributed by atoms with van der Waals surface area (Å²) in [6.45, 7) is 7.91. The van der Waals surface area contributed by atoms with Crippen molar-refractivity contribution in [2.75, 3.05) is 0 Å². The summed E-state index contributed by atoms with van der Waals surface area (Å²) in [6, 6.07) is 4.37. The lowest BCUT2D eigenvalue weighted by atomic mass is 10.1. The largest absolute Gasteiger partial charge is 1.00 e. The second kappa shape index (κ2) is 15.2. The Morgan fingerprint density at radius 3 is 1.74 bits per heavy atom. The highest BCUT2D eigenvalue weighted by Crippen LogP contribution is 2.12. The van der Waals surface area contributed by atoms with Gasteiger partial charge in [0, 0.05) is 25.0 Å². The first-order chi connectivity index (χ1) is 10.8. The molecule has 0 N–H and O–H groups in total. The molecule has 0 atom stereocenters. The standard InChI is InChI=1S/C21H38N.BrH/c1-4-5-6-7-8-9-10-11-12-13-14-15-18-22-19-16-17-20(2)21(22)3;/h16-17,19H,4-15,18H2,1-3H3;1H/q+1;/p-1. The van der Waals surface area contributed by atoms with Crippen LogP contribution in [0.25, 0.3) is 0 Å². The van der Waals surface area contributed by atoms with Crippen molar-refractivity contribution in [2.45, 2.75) is 104 Å². The van der Waals surface area contributed by atoms with Gasteiger partial charge in [0.25, 0.3) is 0 Å². The Morgan fingerprint density at radius 2 is 1.22 bits per heavy atom. The minimum Gasteiger partial charge on any atom is -1.00 e. The summed E-state index contributed by atoms with van der Waals surface area (Å²) >= 11 is 0. The number of aryl methyl sites for hydroxylation is 2. The molecule has 1 aromatic heterocycles. The van der Waals surface area contributed by atoms with Gasteiger partial charge in [0.1, 0.15) is 6.54 Å². The topological polar surface area (TPSA) is 3.88 Å². The second-order valence-corrected chi connectivity index (χ2v) is 6.86. The maximum Gasteiger partial charge on any atom is 0.181 e. The Labute approximate surface area is 155 Å². The van der Waals surface area contributed by atoms with E-state index in [1.165, 1.54) is 94.9 Å². The van der Waals surface area contributed by atoms with Gasteiger partial charge in [-0.15, -0.1) is 0 Å². The summed E-state index contributed by atoms with van der Waals surface area (Å²) in [5, 5.41) is 0. The number of aromatic nitrogens is 1. The molecule has 23 heavy (non-hydrogen) atoms. The molecule has 1 aromatic rings. The Hall–Kier alpha value is -0.370. The normalized spacial score (nSPS) is 10.6. The van der Waals surface area contributed by atoms with Crippen molar-refractivity contribution in [3.63, 3.8) is 0 Å². The summed E-state index contributed by atoms with van der Waals surface area (Å²) in [7, 11) is 0. The molecule has 0 unspecified atom stereocenters. The highest BCUT2D eigenvalue weighted by Gasteiger charge is 2.06. The van der Waals surface area contributed by atoms with E-state index in [1.807, 2.05) is 0 Å². The summed E-state index contributed by atoms with van der Waals surface area (Å²) in [5.74, 6) is 0. The minimum atomic E-state index is 0. The lowest BCUT2D eigenvalue weighted by molar-refractivity contribution is -0.703. The third-order valence-electron chi connectivity index (χ3n) is 4.87. The quantitative estimate of drug-likeness (QED) is 0.363. The Kier molecular flexibility index (Phi) is 14.9. The SMILES string of the molecule is CCCCCCCCCCCCCC[n+]1cccc(C)c1C.[Br-]. The molecule has 0 aliphatic heterocycles. The monoisotopic (exact) mass is 383 g/mol. The van der Waals surface area contributed by atoms with Gasteiger partial charge >= 0.3 is 0 Å². The van der Waals surface area contributed by atoms with E-state index in [0.717, 1.165) is 0 Å². The van der Waals surface area contributed by atoms with E-state index < -0.39 is 0 Å². The van der Waals surface area contributed by atoms with Crippen molar-refractivity contribution in [3.8, 4) is 0 Å². The molecule has 0 aliphatic carbocycles. The molecule has 2 heteroatoms. The maximum atomic E-state index is 2.41. The van der Waals surface area contributed by atoms with Gasteiger partial charge < -0.3 is 17.0 Å². The number of pyridine rings is 1. The van der Waals surface area contributed by atoms with Crippen molar-refractivity contribution >= 4 is 0 Å². The van der Waals surface area contributed by atoms with Crippen molar-refractivity contribution in [3.05, 3.63) is 29.6 Å². The molecule has 1 rings (SSSR count). The predicted molar refractivity (Wildman–Crippen MR) is 97.2 cm³/mol. The zero-order valence-corrected chi connectivity index (χ0v) is 17.3. The van der Waals surface area contributed by atoms with Crippen LogP contribution in [0.2, 0.25) is 0 Å². The molecule has 134 valence electrons. The van der Waals surface area contributed by atoms with E-state index in [1.54, 1.807) is 0 Å². The minimum absolute atomic E-state index is 0. The van der Waals surface area contributed by atoms with Gasteiger partial charge in [0.05, 0.1) is 0 Å². The van der Waals surface area contributed by atoms with Crippen LogP contribution in [-0.2, 0) is 6.54 Å². The number of hydrogen-bond acceptors (Lipinski definition) is 0. The van der Waals surface area contributed by atoms with Crippen LogP contribution in [0.4, 0.5) is 0 Å². The predicted octanol–water partition coefficient (Wildman–Crippen LogP) is 3.30. The fourth-order valence-corrected chi connectivity index (χ4v) is 3.12. The number of hydrogen-bond donors (Lipinski definition) is 0. The average Bonchev–Trinajstić information content (AvgIpc) is 2.52. The Bertz CT molecular complexity index is 389. The molecule has 0 radical (unpaired) electrons. The van der Waals surface area contributed by atoms with Crippen LogP contribution in [0.15, 0.2) is 18.3 Å². The molecule has 0 amide bonds. The summed E-state index contributed by atoms with van der Waals surface area (Å²) in [6.07, 6.45) is 19.3. The van der Waals surface area contributed by atoms with Gasteiger partial charge in [-0.3, -0.25) is 0 Å². The van der Waals surface area contributed by atoms with Crippen molar-refractivity contribution in [2.24, 2.45) is 0 Å². The van der Waals surface area contributed by atoms with Crippen LogP contribution >= 0.6 is 0 Å². The van der Waals surface area contributed by atoms with Gasteiger partial charge in [-0.2, -0.15) is 0 Å². The molecule has 0 saturated carbocycles. The maximum absolute atomic E-state index is 2.41. The van der Waals surface area contributed by atoms with Crippen LogP contribution in [0, 0.1) is 13.8 Å². The van der Waals surface area contributed by atoms with Crippen LogP contribution in [0.5, 0.6) is 0 Å². The number of nitrogens with zero attached hydrogens (tertiary/aromatic N) is 1. The first-order valence-electron chi connectivity index (χ1n) is 9.71. The van der Waals surface area contributed by atoms with Crippen molar-refractivity contribution in [1.82, 2.24) is 0 Å². The molecule has 1 nitrogen and oxygen atoms in total. The molecule has 0 aromatic carbocycles. The second-order valence-electron chi connectivity index (χ2n) is 6.86. The molecule has 0 fully saturated rings. The van der Waals surface area contributed by atoms with E-state index in [-0.39, 0.29) is 17.0 Å². The lowest BCUT2D eigenvalue weighted by Crippen LogP contribution is -3.00. The molecular weight excluding hydrogens is 346 g/mol. The van der Waals surface area contributed by atoms with Gasteiger partial charge in [-0.25, -0.2) is 4.57 Å². The van der Waals surface area contributed by atoms with E-state index in [9.17, 15) is 0 Å². The fraction of sp³-hybridized carbons (Fsp3) is 0.762. The lowest BCUT2D eigenvalue weighted by Gasteiger charge is -2.04. The van der Waals surface area contributed by atoms with Crippen molar-refractivity contribution in [1.29, 1.82) is 0 Å². The smallest absolute Gasteiger partial charge is 0.181 e. The van der Waals surface area contributed by atoms with Gasteiger partial charge in [0.15, 0.2) is 11.9 Å². The van der Waals surface area contributed by atoms with E-state index in [4.69, 9.17) is 0 Å². The fourth-order valence-electron chi connectivity index (χ4n) is 3.12. The zero-order chi connectivity index (χ0) is 16.0. The first kappa shape index (κ1) is 22.6. The number of halogens is 1. The van der Waals surface area contributed by atoms with Gasteiger partial charge in [-0.05, 0) is 19.4 Å². The highest BCUT2D eigenvalue weighted by molar-refractivity contribution is 5.11. The molecule has 0 saturated heterocycles. The molecule has 1 heterocycles. The Balaban J connectivity index is 0.00000484. The van der Waals surface area contributed by atoms with Crippen molar-refractivity contribution < 1.29 is 21.5 Å². The number of rotatable bonds is 13. The summed E-state index contributed by atoms with van der Waals surface area (Å²) in [4.78, 5) is 0. The molecular formula is C21H38BrN. The molecule has 0 aliphatic rings. The average molecular weight is 384 g/mol. The zero-order valence-electron chi connectivity index (χ0n) is 15.7. The van der Waals surface area contributed by atoms with E-state index in [0.29, 0.717) is 0 Å². The van der Waals surface area contributed by atoms with E-state index in [2.05, 4.69) is 43.7 Å². The Morgan fingerprint density at radius 1 is 0.739 bits per heavy atom. The third-order valence-corrected chi connectivity index (χ3v) is 4.87. The van der Waals surface area contributed by atoms with Crippen LogP contribution in [0.3, 0.4) is 0 Å². The third kappa shape index (κ3) is 10.9. The van der Waals surface area contributed by atoms with Gasteiger partial charge in [-0.1, -0.05) is 71.1 Å². The summed E-state index contributed by atoms with van der Waals surface area (Å²) < 4.78 is 2.41. The van der Waals surface area contributed by atoms with Crippen LogP contribution in [0.1, 0.15) is 95.2 Å². The molecule has 0 bridgehead atoms. The van der Waals surface area contributed by atoms with Gasteiger partial charge in [0.2, 0.25) is 0 Å². The first-order valence-corrected chi connectivity index (χ1v) is 9.71. The summed E-state index contributed by atoms with van der Waals surface area (Å²) in [5.41, 5.74) is 2.83. The number of unbranched alkanes of at least 4 members (excludes halogenated alkanes) is 11. The molecule has 0 spiro atoms. The van der Waals surface area contributed by atoms with Crippen LogP contribution in [-0.4, -0.2) is 0 Å². The highest BCUT2D eigenvalue weighted by atomic mass is 79.9. The van der Waals surface area contributed by atoms with Crippen LogP contribution < -0.4 is 21.5 Å². The van der Waals surface area contributed by atoms with E-state index >= 15 is 0 Å².